The highest BCUT2D eigenvalue weighted by atomic mass is 79.9. The second kappa shape index (κ2) is 6.54. The summed E-state index contributed by atoms with van der Waals surface area (Å²) in [5, 5.41) is 18.7. The van der Waals surface area contributed by atoms with E-state index in [1.165, 1.54) is 0 Å². The highest BCUT2D eigenvalue weighted by Crippen LogP contribution is 2.42. The van der Waals surface area contributed by atoms with Gasteiger partial charge in [0.1, 0.15) is 0 Å². The Morgan fingerprint density at radius 2 is 2.00 bits per heavy atom. The molecule has 2 aromatic rings. The van der Waals surface area contributed by atoms with E-state index >= 15 is 0 Å². The summed E-state index contributed by atoms with van der Waals surface area (Å²) in [5.41, 5.74) is 2.61. The van der Waals surface area contributed by atoms with Crippen LogP contribution in [0.2, 0.25) is 0 Å². The molecule has 1 heterocycles. The predicted octanol–water partition coefficient (Wildman–Crippen LogP) is 2.72. The van der Waals surface area contributed by atoms with Crippen molar-refractivity contribution >= 4 is 27.8 Å². The molecule has 3 N–H and O–H groups in total. The molecule has 3 rings (SSSR count). The zero-order chi connectivity index (χ0) is 16.4. The van der Waals surface area contributed by atoms with Crippen LogP contribution in [0.15, 0.2) is 28.7 Å². The number of rotatable bonds is 6. The van der Waals surface area contributed by atoms with Gasteiger partial charge in [-0.05, 0) is 52.9 Å². The molecule has 1 aliphatic rings. The molecule has 1 aliphatic carbocycles. The number of hydrogen-bond donors (Lipinski definition) is 3. The van der Waals surface area contributed by atoms with Gasteiger partial charge < -0.3 is 10.4 Å². The number of H-pyrrole nitrogens is 1. The molecular formula is C16H16BrN3O3. The van der Waals surface area contributed by atoms with Crippen LogP contribution in [0.1, 0.15) is 50.9 Å². The van der Waals surface area contributed by atoms with E-state index in [1.807, 2.05) is 0 Å². The lowest BCUT2D eigenvalue weighted by atomic mass is 10.1. The Morgan fingerprint density at radius 3 is 2.61 bits per heavy atom. The molecule has 0 aliphatic heterocycles. The minimum Gasteiger partial charge on any atom is -0.478 e. The maximum atomic E-state index is 12.2. The number of carboxylic acid groups (broad SMARTS) is 1. The molecule has 1 fully saturated rings. The first-order chi connectivity index (χ1) is 11.1. The number of carbonyl (C=O) groups is 2. The van der Waals surface area contributed by atoms with Crippen LogP contribution in [0.4, 0.5) is 0 Å². The molecule has 7 heteroatoms. The van der Waals surface area contributed by atoms with Crippen molar-refractivity contribution in [3.05, 3.63) is 51.3 Å². The Hall–Kier alpha value is -2.15. The molecule has 0 atom stereocenters. The summed E-state index contributed by atoms with van der Waals surface area (Å²) in [6.45, 7) is 0.462. The van der Waals surface area contributed by atoms with E-state index in [-0.39, 0.29) is 11.5 Å². The first-order valence-corrected chi connectivity index (χ1v) is 8.19. The molecule has 1 aromatic carbocycles. The molecule has 1 saturated carbocycles. The third-order valence-corrected chi connectivity index (χ3v) is 4.64. The normalized spacial score (nSPS) is 13.8. The Bertz CT molecular complexity index is 736. The van der Waals surface area contributed by atoms with Crippen LogP contribution in [0.5, 0.6) is 0 Å². The summed E-state index contributed by atoms with van der Waals surface area (Å²) in [7, 11) is 0. The monoisotopic (exact) mass is 377 g/mol. The van der Waals surface area contributed by atoms with E-state index in [1.54, 1.807) is 24.3 Å². The maximum absolute atomic E-state index is 12.2. The van der Waals surface area contributed by atoms with Crippen molar-refractivity contribution in [1.29, 1.82) is 0 Å². The third kappa shape index (κ3) is 3.61. The average molecular weight is 378 g/mol. The second-order valence-electron chi connectivity index (χ2n) is 5.58. The molecule has 23 heavy (non-hydrogen) atoms. The second-order valence-corrected chi connectivity index (χ2v) is 6.38. The number of carbonyl (C=O) groups excluding carboxylic acids is 1. The topological polar surface area (TPSA) is 95.1 Å². The van der Waals surface area contributed by atoms with Crippen molar-refractivity contribution in [3.63, 3.8) is 0 Å². The summed E-state index contributed by atoms with van der Waals surface area (Å²) in [4.78, 5) is 22.9. The zero-order valence-corrected chi connectivity index (χ0v) is 13.9. The number of aromatic carboxylic acids is 1. The summed E-state index contributed by atoms with van der Waals surface area (Å²) >= 11 is 3.44. The van der Waals surface area contributed by atoms with E-state index in [0.717, 1.165) is 28.6 Å². The molecule has 0 spiro atoms. The smallest absolute Gasteiger partial charge is 0.335 e. The van der Waals surface area contributed by atoms with Crippen LogP contribution in [-0.4, -0.2) is 33.7 Å². The standard InChI is InChI=1S/C16H16BrN3O3/c17-12-13(10-5-6-10)19-20-14(12)15(21)18-8-7-9-1-3-11(4-2-9)16(22)23/h1-4,10H,5-8H2,(H,18,21)(H,19,20)(H,22,23). The number of aromatic amines is 1. The molecule has 0 radical (unpaired) electrons. The molecule has 0 saturated heterocycles. The highest BCUT2D eigenvalue weighted by molar-refractivity contribution is 9.10. The van der Waals surface area contributed by atoms with Crippen LogP contribution in [-0.2, 0) is 6.42 Å². The number of nitrogens with zero attached hydrogens (tertiary/aromatic N) is 1. The van der Waals surface area contributed by atoms with Gasteiger partial charge in [0.25, 0.3) is 5.91 Å². The molecular weight excluding hydrogens is 362 g/mol. The molecule has 1 aromatic heterocycles. The minimum absolute atomic E-state index is 0.220. The lowest BCUT2D eigenvalue weighted by Crippen LogP contribution is -2.26. The van der Waals surface area contributed by atoms with E-state index in [9.17, 15) is 9.59 Å². The predicted molar refractivity (Wildman–Crippen MR) is 87.7 cm³/mol. The fourth-order valence-corrected chi connectivity index (χ4v) is 3.03. The molecule has 1 amide bonds. The lowest BCUT2D eigenvalue weighted by Gasteiger charge is -2.04. The SMILES string of the molecule is O=C(O)c1ccc(CCNC(=O)c2n[nH]c(C3CC3)c2Br)cc1. The van der Waals surface area contributed by atoms with Crippen molar-refractivity contribution in [2.45, 2.75) is 25.2 Å². The first-order valence-electron chi connectivity index (χ1n) is 7.40. The fraction of sp³-hybridized carbons (Fsp3) is 0.312. The number of halogens is 1. The largest absolute Gasteiger partial charge is 0.478 e. The van der Waals surface area contributed by atoms with E-state index in [2.05, 4.69) is 31.4 Å². The highest BCUT2D eigenvalue weighted by Gasteiger charge is 2.30. The number of aromatic nitrogens is 2. The molecule has 120 valence electrons. The Morgan fingerprint density at radius 1 is 1.30 bits per heavy atom. The van der Waals surface area contributed by atoms with Gasteiger partial charge in [0, 0.05) is 12.5 Å². The molecule has 0 bridgehead atoms. The number of nitrogens with one attached hydrogen (secondary N) is 2. The summed E-state index contributed by atoms with van der Waals surface area (Å²) in [6, 6.07) is 6.63. The van der Waals surface area contributed by atoms with Gasteiger partial charge in [-0.3, -0.25) is 9.89 Å². The number of amides is 1. The average Bonchev–Trinajstić information content (AvgIpc) is 3.30. The maximum Gasteiger partial charge on any atom is 0.335 e. The van der Waals surface area contributed by atoms with Crippen molar-refractivity contribution in [3.8, 4) is 0 Å². The Balaban J connectivity index is 1.54. The van der Waals surface area contributed by atoms with Crippen LogP contribution >= 0.6 is 15.9 Å². The lowest BCUT2D eigenvalue weighted by molar-refractivity contribution is 0.0696. The molecule has 6 nitrogen and oxygen atoms in total. The molecule has 0 unspecified atom stereocenters. The minimum atomic E-state index is -0.945. The van der Waals surface area contributed by atoms with Crippen LogP contribution in [0, 0.1) is 0 Å². The first kappa shape index (κ1) is 15.7. The van der Waals surface area contributed by atoms with Gasteiger partial charge >= 0.3 is 5.97 Å². The zero-order valence-electron chi connectivity index (χ0n) is 12.3. The van der Waals surface area contributed by atoms with Gasteiger partial charge in [-0.2, -0.15) is 5.10 Å². The van der Waals surface area contributed by atoms with Gasteiger partial charge in [0.2, 0.25) is 0 Å². The van der Waals surface area contributed by atoms with Crippen LogP contribution in [0.25, 0.3) is 0 Å². The Labute approximate surface area is 141 Å². The van der Waals surface area contributed by atoms with Gasteiger partial charge in [0.15, 0.2) is 5.69 Å². The summed E-state index contributed by atoms with van der Waals surface area (Å²) < 4.78 is 0.753. The van der Waals surface area contributed by atoms with Crippen LogP contribution < -0.4 is 5.32 Å². The van der Waals surface area contributed by atoms with Gasteiger partial charge in [-0.1, -0.05) is 12.1 Å². The van der Waals surface area contributed by atoms with Crippen molar-refractivity contribution in [1.82, 2.24) is 15.5 Å². The summed E-state index contributed by atoms with van der Waals surface area (Å²) in [5.74, 6) is -0.673. The summed E-state index contributed by atoms with van der Waals surface area (Å²) in [6.07, 6.45) is 2.89. The van der Waals surface area contributed by atoms with Crippen molar-refractivity contribution < 1.29 is 14.7 Å². The van der Waals surface area contributed by atoms with Crippen molar-refractivity contribution in [2.24, 2.45) is 0 Å². The van der Waals surface area contributed by atoms with E-state index in [0.29, 0.717) is 24.6 Å². The van der Waals surface area contributed by atoms with Gasteiger partial charge in [-0.15, -0.1) is 0 Å². The van der Waals surface area contributed by atoms with Crippen LogP contribution in [0.3, 0.4) is 0 Å². The van der Waals surface area contributed by atoms with Gasteiger partial charge in [0.05, 0.1) is 15.7 Å². The van der Waals surface area contributed by atoms with E-state index < -0.39 is 5.97 Å². The third-order valence-electron chi connectivity index (χ3n) is 3.83. The number of benzene rings is 1. The number of hydrogen-bond acceptors (Lipinski definition) is 3. The van der Waals surface area contributed by atoms with E-state index in [4.69, 9.17) is 5.11 Å². The quantitative estimate of drug-likeness (QED) is 0.720. The van der Waals surface area contributed by atoms with Crippen molar-refractivity contribution in [2.75, 3.05) is 6.54 Å². The number of carboxylic acids is 1. The fourth-order valence-electron chi connectivity index (χ4n) is 2.35. The van der Waals surface area contributed by atoms with Gasteiger partial charge in [-0.25, -0.2) is 4.79 Å². The Kier molecular flexibility index (Phi) is 4.47.